The van der Waals surface area contributed by atoms with Gasteiger partial charge in [0.25, 0.3) is 0 Å². The van der Waals surface area contributed by atoms with Crippen LogP contribution in [0.3, 0.4) is 0 Å². The fourth-order valence-corrected chi connectivity index (χ4v) is 1.65. The standard InChI is InChI=1S/C14H12BrN3O/c1-10-12(15)5-6-13(17-10)18-14(19)7-4-11-3-2-8-16-9-11/h2-9H,1H3,(H,17,18,19)/b7-4-. The van der Waals surface area contributed by atoms with E-state index in [1.807, 2.05) is 25.1 Å². The molecule has 2 aromatic rings. The second-order valence-corrected chi connectivity index (χ2v) is 4.73. The number of aryl methyl sites for hydroxylation is 1. The molecule has 4 nitrogen and oxygen atoms in total. The van der Waals surface area contributed by atoms with E-state index in [-0.39, 0.29) is 5.91 Å². The van der Waals surface area contributed by atoms with Crippen molar-refractivity contribution in [1.29, 1.82) is 0 Å². The summed E-state index contributed by atoms with van der Waals surface area (Å²) in [6.07, 6.45) is 6.53. The molecule has 0 aliphatic carbocycles. The molecule has 2 heterocycles. The molecule has 0 fully saturated rings. The Balaban J connectivity index is 2.01. The molecule has 0 unspecified atom stereocenters. The van der Waals surface area contributed by atoms with E-state index in [4.69, 9.17) is 0 Å². The maximum absolute atomic E-state index is 11.7. The highest BCUT2D eigenvalue weighted by Gasteiger charge is 2.01. The summed E-state index contributed by atoms with van der Waals surface area (Å²) in [5.41, 5.74) is 1.70. The molecule has 0 aromatic carbocycles. The van der Waals surface area contributed by atoms with Crippen LogP contribution in [0.2, 0.25) is 0 Å². The molecule has 0 saturated carbocycles. The number of amides is 1. The zero-order valence-corrected chi connectivity index (χ0v) is 11.9. The van der Waals surface area contributed by atoms with Crippen LogP contribution in [0.4, 0.5) is 5.82 Å². The summed E-state index contributed by atoms with van der Waals surface area (Å²) in [7, 11) is 0. The van der Waals surface area contributed by atoms with Crippen molar-refractivity contribution in [1.82, 2.24) is 9.97 Å². The Morgan fingerprint density at radius 1 is 1.37 bits per heavy atom. The van der Waals surface area contributed by atoms with Gasteiger partial charge in [0.15, 0.2) is 0 Å². The Labute approximate surface area is 119 Å². The number of anilines is 1. The van der Waals surface area contributed by atoms with E-state index in [9.17, 15) is 4.79 Å². The molecule has 0 bridgehead atoms. The predicted molar refractivity (Wildman–Crippen MR) is 78.6 cm³/mol. The van der Waals surface area contributed by atoms with Gasteiger partial charge in [-0.25, -0.2) is 4.98 Å². The third-order valence-corrected chi connectivity index (χ3v) is 3.22. The summed E-state index contributed by atoms with van der Waals surface area (Å²) in [6.45, 7) is 1.87. The van der Waals surface area contributed by atoms with E-state index in [1.54, 1.807) is 24.5 Å². The number of hydrogen-bond donors (Lipinski definition) is 1. The summed E-state index contributed by atoms with van der Waals surface area (Å²) in [5, 5.41) is 2.70. The van der Waals surface area contributed by atoms with Crippen molar-refractivity contribution in [2.45, 2.75) is 6.92 Å². The second-order valence-electron chi connectivity index (χ2n) is 3.87. The van der Waals surface area contributed by atoms with Crippen LogP contribution in [-0.2, 0) is 4.79 Å². The molecule has 1 N–H and O–H groups in total. The Kier molecular flexibility index (Phi) is 4.41. The van der Waals surface area contributed by atoms with E-state index < -0.39 is 0 Å². The van der Waals surface area contributed by atoms with Crippen LogP contribution in [0.5, 0.6) is 0 Å². The quantitative estimate of drug-likeness (QED) is 0.884. The van der Waals surface area contributed by atoms with E-state index in [0.29, 0.717) is 5.82 Å². The van der Waals surface area contributed by atoms with Crippen LogP contribution in [-0.4, -0.2) is 15.9 Å². The molecule has 0 atom stereocenters. The molecule has 5 heteroatoms. The molecule has 0 saturated heterocycles. The maximum atomic E-state index is 11.7. The first-order valence-electron chi connectivity index (χ1n) is 5.67. The lowest BCUT2D eigenvalue weighted by Gasteiger charge is -2.03. The topological polar surface area (TPSA) is 54.9 Å². The zero-order valence-electron chi connectivity index (χ0n) is 10.3. The smallest absolute Gasteiger partial charge is 0.249 e. The lowest BCUT2D eigenvalue weighted by molar-refractivity contribution is -0.111. The molecule has 2 aromatic heterocycles. The Bertz CT molecular complexity index is 611. The first kappa shape index (κ1) is 13.4. The molecular formula is C14H12BrN3O. The van der Waals surface area contributed by atoms with Gasteiger partial charge in [-0.2, -0.15) is 0 Å². The molecule has 0 radical (unpaired) electrons. The van der Waals surface area contributed by atoms with Gasteiger partial charge in [0, 0.05) is 22.9 Å². The first-order chi connectivity index (χ1) is 9.15. The number of carbonyl (C=O) groups is 1. The SMILES string of the molecule is Cc1nc(NC(=O)/C=C\c2cccnc2)ccc1Br. The van der Waals surface area contributed by atoms with Gasteiger partial charge in [-0.05, 0) is 52.7 Å². The van der Waals surface area contributed by atoms with Gasteiger partial charge in [-0.3, -0.25) is 9.78 Å². The molecule has 0 aliphatic heterocycles. The Morgan fingerprint density at radius 2 is 2.21 bits per heavy atom. The monoisotopic (exact) mass is 317 g/mol. The van der Waals surface area contributed by atoms with E-state index in [0.717, 1.165) is 15.7 Å². The number of nitrogens with zero attached hydrogens (tertiary/aromatic N) is 2. The van der Waals surface area contributed by atoms with Crippen LogP contribution in [0.15, 0.2) is 47.2 Å². The van der Waals surface area contributed by atoms with Crippen LogP contribution in [0, 0.1) is 6.92 Å². The van der Waals surface area contributed by atoms with Gasteiger partial charge in [-0.15, -0.1) is 0 Å². The molecular weight excluding hydrogens is 306 g/mol. The third-order valence-electron chi connectivity index (χ3n) is 2.38. The summed E-state index contributed by atoms with van der Waals surface area (Å²) in [6, 6.07) is 7.28. The average molecular weight is 318 g/mol. The number of rotatable bonds is 3. The number of aromatic nitrogens is 2. The van der Waals surface area contributed by atoms with Gasteiger partial charge in [0.1, 0.15) is 5.82 Å². The van der Waals surface area contributed by atoms with Crippen molar-refractivity contribution >= 4 is 33.7 Å². The van der Waals surface area contributed by atoms with Gasteiger partial charge < -0.3 is 5.32 Å². The number of halogens is 1. The van der Waals surface area contributed by atoms with Gasteiger partial charge in [0.05, 0.1) is 5.69 Å². The van der Waals surface area contributed by atoms with Crippen molar-refractivity contribution in [3.63, 3.8) is 0 Å². The fraction of sp³-hybridized carbons (Fsp3) is 0.0714. The molecule has 96 valence electrons. The first-order valence-corrected chi connectivity index (χ1v) is 6.47. The minimum atomic E-state index is -0.224. The van der Waals surface area contributed by atoms with Crippen LogP contribution >= 0.6 is 15.9 Å². The summed E-state index contributed by atoms with van der Waals surface area (Å²) in [4.78, 5) is 19.9. The second kappa shape index (κ2) is 6.24. The summed E-state index contributed by atoms with van der Waals surface area (Å²) in [5.74, 6) is 0.305. The van der Waals surface area contributed by atoms with Crippen molar-refractivity contribution in [3.05, 3.63) is 58.5 Å². The number of carbonyl (C=O) groups excluding carboxylic acids is 1. The van der Waals surface area contributed by atoms with Gasteiger partial charge >= 0.3 is 0 Å². The number of pyridine rings is 2. The molecule has 0 spiro atoms. The third kappa shape index (κ3) is 3.99. The van der Waals surface area contributed by atoms with E-state index in [1.165, 1.54) is 6.08 Å². The highest BCUT2D eigenvalue weighted by atomic mass is 79.9. The normalized spacial score (nSPS) is 10.6. The minimum absolute atomic E-state index is 0.224. The Hall–Kier alpha value is -2.01. The number of hydrogen-bond acceptors (Lipinski definition) is 3. The van der Waals surface area contributed by atoms with E-state index in [2.05, 4.69) is 31.2 Å². The average Bonchev–Trinajstić information content (AvgIpc) is 2.42. The van der Waals surface area contributed by atoms with Gasteiger partial charge in [-0.1, -0.05) is 6.07 Å². The number of nitrogens with one attached hydrogen (secondary N) is 1. The van der Waals surface area contributed by atoms with Crippen LogP contribution in [0.25, 0.3) is 6.08 Å². The maximum Gasteiger partial charge on any atom is 0.249 e. The summed E-state index contributed by atoms with van der Waals surface area (Å²) >= 11 is 3.36. The van der Waals surface area contributed by atoms with Crippen LogP contribution in [0.1, 0.15) is 11.3 Å². The summed E-state index contributed by atoms with van der Waals surface area (Å²) < 4.78 is 0.913. The Morgan fingerprint density at radius 3 is 2.89 bits per heavy atom. The van der Waals surface area contributed by atoms with Crippen molar-refractivity contribution in [2.75, 3.05) is 5.32 Å². The van der Waals surface area contributed by atoms with Crippen LogP contribution < -0.4 is 5.32 Å². The lowest BCUT2D eigenvalue weighted by atomic mass is 10.2. The van der Waals surface area contributed by atoms with Crippen molar-refractivity contribution < 1.29 is 4.79 Å². The minimum Gasteiger partial charge on any atom is -0.307 e. The lowest BCUT2D eigenvalue weighted by Crippen LogP contribution is -2.09. The fourth-order valence-electron chi connectivity index (χ4n) is 1.43. The molecule has 1 amide bonds. The highest BCUT2D eigenvalue weighted by molar-refractivity contribution is 9.10. The predicted octanol–water partition coefficient (Wildman–Crippen LogP) is 3.20. The van der Waals surface area contributed by atoms with E-state index >= 15 is 0 Å². The zero-order chi connectivity index (χ0) is 13.7. The largest absolute Gasteiger partial charge is 0.307 e. The van der Waals surface area contributed by atoms with Gasteiger partial charge in [0.2, 0.25) is 5.91 Å². The van der Waals surface area contributed by atoms with Crippen molar-refractivity contribution in [2.24, 2.45) is 0 Å². The molecule has 2 rings (SSSR count). The van der Waals surface area contributed by atoms with Crippen molar-refractivity contribution in [3.8, 4) is 0 Å². The molecule has 0 aliphatic rings. The molecule has 19 heavy (non-hydrogen) atoms. The highest BCUT2D eigenvalue weighted by Crippen LogP contribution is 2.16.